The monoisotopic (exact) mass is 473 g/mol. The Hall–Kier alpha value is -2.33. The van der Waals surface area contributed by atoms with E-state index in [1.165, 1.54) is 24.4 Å². The third-order valence-electron chi connectivity index (χ3n) is 4.78. The maximum Gasteiger partial charge on any atom is 0.408 e. The summed E-state index contributed by atoms with van der Waals surface area (Å²) >= 11 is 6.43. The lowest BCUT2D eigenvalue weighted by atomic mass is 10.1. The molecule has 0 bridgehead atoms. The topological polar surface area (TPSA) is 69.4 Å². The molecule has 0 saturated carbocycles. The van der Waals surface area contributed by atoms with Crippen molar-refractivity contribution in [3.8, 4) is 11.5 Å². The summed E-state index contributed by atoms with van der Waals surface area (Å²) in [6.07, 6.45) is -0.622. The van der Waals surface area contributed by atoms with Gasteiger partial charge in [-0.2, -0.15) is 25.5 Å². The first kappa shape index (κ1) is 23.3. The zero-order valence-electron chi connectivity index (χ0n) is 16.6. The number of halogens is 4. The van der Waals surface area contributed by atoms with E-state index in [4.69, 9.17) is 22.1 Å². The molecule has 3 rings (SSSR count). The molecular weight excluding hydrogens is 453 g/mol. The van der Waals surface area contributed by atoms with E-state index in [0.29, 0.717) is 22.6 Å². The van der Waals surface area contributed by atoms with Crippen LogP contribution in [0.3, 0.4) is 0 Å². The van der Waals surface area contributed by atoms with Crippen LogP contribution in [0.1, 0.15) is 5.56 Å². The van der Waals surface area contributed by atoms with Crippen molar-refractivity contribution in [1.29, 1.82) is 0 Å². The molecule has 5 nitrogen and oxygen atoms in total. The number of ether oxygens (including phenoxy) is 1. The van der Waals surface area contributed by atoms with Gasteiger partial charge in [0.15, 0.2) is 11.4 Å². The Labute approximate surface area is 183 Å². The van der Waals surface area contributed by atoms with E-state index in [0.717, 1.165) is 0 Å². The van der Waals surface area contributed by atoms with Crippen molar-refractivity contribution in [1.82, 2.24) is 3.89 Å². The predicted molar refractivity (Wildman–Crippen MR) is 115 cm³/mol. The molecule has 31 heavy (non-hydrogen) atoms. The lowest BCUT2D eigenvalue weighted by molar-refractivity contribution is -0.106. The van der Waals surface area contributed by atoms with Crippen molar-refractivity contribution >= 4 is 27.3 Å². The summed E-state index contributed by atoms with van der Waals surface area (Å²) in [6, 6.07) is 11.7. The summed E-state index contributed by atoms with van der Waals surface area (Å²) < 4.78 is 70.3. The van der Waals surface area contributed by atoms with Gasteiger partial charge in [0.05, 0.1) is 0 Å². The third-order valence-corrected chi connectivity index (χ3v) is 7.22. The minimum absolute atomic E-state index is 0.000807. The molecule has 0 saturated heterocycles. The highest BCUT2D eigenvalue weighted by molar-refractivity contribution is 7.91. The average molecular weight is 474 g/mol. The zero-order chi connectivity index (χ0) is 22.9. The van der Waals surface area contributed by atoms with Crippen LogP contribution in [-0.2, 0) is 10.0 Å². The molecule has 0 spiro atoms. The molecule has 2 aromatic rings. The summed E-state index contributed by atoms with van der Waals surface area (Å²) in [5, 5.41) is -0.0368. The van der Waals surface area contributed by atoms with Crippen LogP contribution in [0.4, 0.5) is 18.9 Å². The van der Waals surface area contributed by atoms with Gasteiger partial charge in [-0.15, -0.1) is 0 Å². The van der Waals surface area contributed by atoms with Crippen molar-refractivity contribution in [3.05, 3.63) is 77.0 Å². The number of rotatable bonds is 6. The molecular formula is C21H21ClF3N2O3S+. The Morgan fingerprint density at radius 2 is 1.87 bits per heavy atom. The highest BCUT2D eigenvalue weighted by atomic mass is 35.5. The molecule has 0 amide bonds. The van der Waals surface area contributed by atoms with Gasteiger partial charge < -0.3 is 10.5 Å². The van der Waals surface area contributed by atoms with Gasteiger partial charge >= 0.3 is 16.2 Å². The number of sulfonamides is 1. The lowest BCUT2D eigenvalue weighted by Crippen LogP contribution is -2.54. The van der Waals surface area contributed by atoms with Crippen molar-refractivity contribution < 1.29 is 26.3 Å². The molecule has 1 heterocycles. The van der Waals surface area contributed by atoms with E-state index in [1.54, 1.807) is 37.3 Å². The zero-order valence-corrected chi connectivity index (χ0v) is 18.1. The fourth-order valence-electron chi connectivity index (χ4n) is 3.34. The maximum atomic E-state index is 13.2. The number of benzene rings is 2. The van der Waals surface area contributed by atoms with E-state index < -0.39 is 25.8 Å². The predicted octanol–water partition coefficient (Wildman–Crippen LogP) is 5.05. The van der Waals surface area contributed by atoms with Crippen LogP contribution in [0.5, 0.6) is 11.5 Å². The lowest BCUT2D eigenvalue weighted by Gasteiger charge is -2.35. The van der Waals surface area contributed by atoms with Crippen molar-refractivity contribution in [2.24, 2.45) is 5.73 Å². The Morgan fingerprint density at radius 3 is 2.48 bits per heavy atom. The molecule has 2 N–H and O–H groups in total. The highest BCUT2D eigenvalue weighted by Crippen LogP contribution is 2.43. The second-order valence-electron chi connectivity index (χ2n) is 7.11. The molecule has 166 valence electrons. The summed E-state index contributed by atoms with van der Waals surface area (Å²) in [6.45, 7) is 1.38. The van der Waals surface area contributed by atoms with E-state index >= 15 is 0 Å². The quantitative estimate of drug-likeness (QED) is 0.596. The van der Waals surface area contributed by atoms with Crippen LogP contribution in [0.15, 0.2) is 66.4 Å². The van der Waals surface area contributed by atoms with Gasteiger partial charge in [0, 0.05) is 24.3 Å². The molecule has 2 aromatic carbocycles. The highest BCUT2D eigenvalue weighted by Gasteiger charge is 2.51. The Kier molecular flexibility index (Phi) is 6.52. The van der Waals surface area contributed by atoms with Crippen LogP contribution < -0.4 is 14.4 Å². The van der Waals surface area contributed by atoms with E-state index in [1.807, 2.05) is 6.07 Å². The number of nitrogens with two attached hydrogens (primary N) is 1. The number of aryl methyl sites for hydroxylation is 1. The molecule has 0 radical (unpaired) electrons. The number of nitrogens with zero attached hydrogens (tertiary/aromatic N) is 1. The molecule has 10 heteroatoms. The van der Waals surface area contributed by atoms with Crippen LogP contribution in [0.25, 0.3) is 0 Å². The number of para-hydroxylation sites is 1. The number of alkyl halides is 3. The van der Waals surface area contributed by atoms with Crippen molar-refractivity contribution in [2.45, 2.75) is 13.1 Å². The van der Waals surface area contributed by atoms with E-state index in [2.05, 4.69) is 0 Å². The third kappa shape index (κ3) is 4.95. The summed E-state index contributed by atoms with van der Waals surface area (Å²) in [5.74, 6) is -1.10. The number of hydrogen-bond acceptors (Lipinski definition) is 4. The standard InChI is InChI=1S/C21H21ClF3N2O3S/c1-15-10-19(18(22)11-20(15)30-17-7-3-2-4-8-17)27(9-5-6-16(12-26)13-27)31(28,29)14-21(23,24)25/h2-8,10-11,13H,9,12,14,26H2,1H3/q+1. The van der Waals surface area contributed by atoms with Gasteiger partial charge in [-0.25, -0.2) is 0 Å². The van der Waals surface area contributed by atoms with Gasteiger partial charge in [0.25, 0.3) is 0 Å². The van der Waals surface area contributed by atoms with Crippen LogP contribution in [0.2, 0.25) is 5.02 Å². The first-order valence-corrected chi connectivity index (χ1v) is 11.3. The maximum absolute atomic E-state index is 13.2. The second kappa shape index (κ2) is 8.66. The summed E-state index contributed by atoms with van der Waals surface area (Å²) in [7, 11) is -4.81. The van der Waals surface area contributed by atoms with Gasteiger partial charge in [-0.3, -0.25) is 0 Å². The fourth-order valence-corrected chi connectivity index (χ4v) is 5.40. The van der Waals surface area contributed by atoms with Crippen molar-refractivity contribution in [2.75, 3.05) is 18.8 Å². The second-order valence-corrected chi connectivity index (χ2v) is 9.63. The first-order valence-electron chi connectivity index (χ1n) is 9.27. The largest absolute Gasteiger partial charge is 0.457 e. The Morgan fingerprint density at radius 1 is 1.19 bits per heavy atom. The molecule has 1 aliphatic heterocycles. The number of hydrogen-bond donors (Lipinski definition) is 1. The Bertz CT molecular complexity index is 1130. The fraction of sp³-hybridized carbons (Fsp3) is 0.238. The van der Waals surface area contributed by atoms with Gasteiger partial charge in [-0.05, 0) is 30.7 Å². The SMILES string of the molecule is Cc1cc([N+]2(S(=O)(=O)CC(F)(F)F)C=C(CN)C=CC2)c(Cl)cc1Oc1ccccc1. The summed E-state index contributed by atoms with van der Waals surface area (Å²) in [5.41, 5.74) is 6.55. The normalized spacial score (nSPS) is 19.2. The molecule has 1 atom stereocenters. The molecule has 0 aromatic heterocycles. The minimum Gasteiger partial charge on any atom is -0.457 e. The first-order chi connectivity index (χ1) is 14.5. The molecule has 0 aliphatic carbocycles. The van der Waals surface area contributed by atoms with Crippen LogP contribution in [-0.4, -0.2) is 33.4 Å². The van der Waals surface area contributed by atoms with E-state index in [9.17, 15) is 21.6 Å². The van der Waals surface area contributed by atoms with Gasteiger partial charge in [-0.1, -0.05) is 35.9 Å². The molecule has 0 fully saturated rings. The smallest absolute Gasteiger partial charge is 0.408 e. The molecule has 1 unspecified atom stereocenters. The van der Waals surface area contributed by atoms with Gasteiger partial charge in [0.2, 0.25) is 0 Å². The summed E-state index contributed by atoms with van der Waals surface area (Å²) in [4.78, 5) is 0. The average Bonchev–Trinajstić information content (AvgIpc) is 2.69. The number of quaternary nitrogens is 1. The molecule has 1 aliphatic rings. The van der Waals surface area contributed by atoms with E-state index in [-0.39, 0.29) is 23.8 Å². The van der Waals surface area contributed by atoms with Crippen LogP contribution >= 0.6 is 11.6 Å². The van der Waals surface area contributed by atoms with Crippen molar-refractivity contribution in [3.63, 3.8) is 0 Å². The van der Waals surface area contributed by atoms with Gasteiger partial charge in [0.1, 0.15) is 29.3 Å². The van der Waals surface area contributed by atoms with Crippen LogP contribution in [0, 0.1) is 6.92 Å². The Balaban J connectivity index is 2.16. The minimum atomic E-state index is -4.92.